The molecule has 0 saturated carbocycles. The summed E-state index contributed by atoms with van der Waals surface area (Å²) in [5, 5.41) is 0. The molecule has 2 unspecified atom stereocenters. The van der Waals surface area contributed by atoms with E-state index in [0.717, 1.165) is 5.69 Å². The molecule has 0 bridgehead atoms. The van der Waals surface area contributed by atoms with Crippen LogP contribution >= 0.6 is 0 Å². The van der Waals surface area contributed by atoms with Crippen LogP contribution in [0, 0.1) is 0 Å². The van der Waals surface area contributed by atoms with Crippen LogP contribution in [-0.2, 0) is 0 Å². The van der Waals surface area contributed by atoms with Crippen molar-refractivity contribution < 1.29 is 0 Å². The Morgan fingerprint density at radius 1 is 0.517 bits per heavy atom. The van der Waals surface area contributed by atoms with Gasteiger partial charge < -0.3 is 5.73 Å². The molecule has 4 aromatic carbocycles. The summed E-state index contributed by atoms with van der Waals surface area (Å²) in [6, 6.07) is 29.0. The topological polar surface area (TPSA) is 26.0 Å². The number of hydrogen-bond donors (Lipinski definition) is 1. The number of benzene rings is 4. The van der Waals surface area contributed by atoms with Crippen molar-refractivity contribution >= 4 is 5.69 Å². The number of fused-ring (bicyclic) bond motifs is 6. The minimum Gasteiger partial charge on any atom is -0.399 e. The molecule has 6 rings (SSSR count). The molecule has 1 heteroatoms. The second kappa shape index (κ2) is 5.84. The van der Waals surface area contributed by atoms with Gasteiger partial charge >= 0.3 is 0 Å². The van der Waals surface area contributed by atoms with Crippen molar-refractivity contribution in [2.45, 2.75) is 25.7 Å². The van der Waals surface area contributed by atoms with E-state index >= 15 is 0 Å². The molecule has 0 spiro atoms. The summed E-state index contributed by atoms with van der Waals surface area (Å²) in [5.74, 6) is 0.822. The molecule has 2 aliphatic carbocycles. The Labute approximate surface area is 171 Å². The third kappa shape index (κ3) is 2.28. The van der Waals surface area contributed by atoms with Crippen LogP contribution in [0.4, 0.5) is 5.69 Å². The minimum atomic E-state index is 0.376. The molecule has 0 fully saturated rings. The van der Waals surface area contributed by atoms with Gasteiger partial charge in [0.2, 0.25) is 0 Å². The first-order valence-corrected chi connectivity index (χ1v) is 10.4. The average Bonchev–Trinajstić information content (AvgIpc) is 3.20. The molecule has 29 heavy (non-hydrogen) atoms. The third-order valence-electron chi connectivity index (χ3n) is 6.92. The van der Waals surface area contributed by atoms with Gasteiger partial charge in [-0.15, -0.1) is 0 Å². The first kappa shape index (κ1) is 16.6. The van der Waals surface area contributed by atoms with Crippen molar-refractivity contribution in [1.82, 2.24) is 0 Å². The van der Waals surface area contributed by atoms with Gasteiger partial charge in [-0.1, -0.05) is 68.4 Å². The molecule has 0 amide bonds. The Morgan fingerprint density at radius 3 is 1.66 bits per heavy atom. The van der Waals surface area contributed by atoms with Crippen molar-refractivity contribution in [3.63, 3.8) is 0 Å². The zero-order valence-corrected chi connectivity index (χ0v) is 16.7. The first-order chi connectivity index (χ1) is 14.1. The summed E-state index contributed by atoms with van der Waals surface area (Å²) in [6.45, 7) is 4.61. The zero-order valence-electron chi connectivity index (χ0n) is 16.7. The van der Waals surface area contributed by atoms with Gasteiger partial charge in [-0.3, -0.25) is 0 Å². The molecule has 2 aliphatic rings. The minimum absolute atomic E-state index is 0.376. The van der Waals surface area contributed by atoms with Crippen LogP contribution in [0.5, 0.6) is 0 Å². The molecule has 2 atom stereocenters. The molecule has 1 nitrogen and oxygen atoms in total. The van der Waals surface area contributed by atoms with Crippen LogP contribution in [0.1, 0.15) is 47.9 Å². The lowest BCUT2D eigenvalue weighted by Crippen LogP contribution is -1.93. The van der Waals surface area contributed by atoms with E-state index in [-0.39, 0.29) is 0 Å². The fourth-order valence-electron chi connectivity index (χ4n) is 5.33. The smallest absolute Gasteiger partial charge is 0.0317 e. The van der Waals surface area contributed by atoms with Gasteiger partial charge in [0, 0.05) is 17.5 Å². The molecule has 0 aromatic heterocycles. The molecular formula is C28H23N. The number of nitrogen functional groups attached to an aromatic ring is 1. The highest BCUT2D eigenvalue weighted by Crippen LogP contribution is 2.48. The van der Waals surface area contributed by atoms with Gasteiger partial charge in [-0.05, 0) is 79.9 Å². The highest BCUT2D eigenvalue weighted by molar-refractivity contribution is 5.85. The number of nitrogens with two attached hydrogens (primary N) is 1. The second-order valence-corrected chi connectivity index (χ2v) is 8.48. The number of rotatable bonds is 1. The van der Waals surface area contributed by atoms with Crippen molar-refractivity contribution in [3.8, 4) is 33.4 Å². The summed E-state index contributed by atoms with van der Waals surface area (Å²) in [4.78, 5) is 0. The van der Waals surface area contributed by atoms with Crippen molar-refractivity contribution in [2.24, 2.45) is 0 Å². The van der Waals surface area contributed by atoms with E-state index in [1.807, 2.05) is 6.07 Å². The lowest BCUT2D eigenvalue weighted by atomic mass is 9.92. The van der Waals surface area contributed by atoms with Crippen molar-refractivity contribution in [1.29, 1.82) is 0 Å². The summed E-state index contributed by atoms with van der Waals surface area (Å²) >= 11 is 0. The Bertz CT molecular complexity index is 1300. The molecular weight excluding hydrogens is 350 g/mol. The predicted octanol–water partition coefficient (Wildman–Crippen LogP) is 7.20. The van der Waals surface area contributed by atoms with Crippen LogP contribution in [0.15, 0.2) is 78.9 Å². The maximum absolute atomic E-state index is 6.05. The van der Waals surface area contributed by atoms with E-state index < -0.39 is 0 Å². The molecule has 140 valence electrons. The van der Waals surface area contributed by atoms with E-state index in [4.69, 9.17) is 5.73 Å². The van der Waals surface area contributed by atoms with Crippen molar-refractivity contribution in [3.05, 3.63) is 101 Å². The summed E-state index contributed by atoms with van der Waals surface area (Å²) < 4.78 is 0. The third-order valence-corrected chi connectivity index (χ3v) is 6.92. The lowest BCUT2D eigenvalue weighted by molar-refractivity contribution is 0.955. The Kier molecular flexibility index (Phi) is 3.35. The van der Waals surface area contributed by atoms with Crippen LogP contribution in [0.3, 0.4) is 0 Å². The van der Waals surface area contributed by atoms with E-state index in [1.165, 1.54) is 55.6 Å². The SMILES string of the molecule is CC1c2ccccc2-c2ccc(-c3ccc4c(c3)C(C)c3cc(N)ccc3-4)cc21. The lowest BCUT2D eigenvalue weighted by Gasteiger charge is -2.12. The molecule has 0 heterocycles. The average molecular weight is 373 g/mol. The normalized spacial score (nSPS) is 18.1. The van der Waals surface area contributed by atoms with Crippen LogP contribution in [0.25, 0.3) is 33.4 Å². The van der Waals surface area contributed by atoms with E-state index in [9.17, 15) is 0 Å². The predicted molar refractivity (Wildman–Crippen MR) is 122 cm³/mol. The van der Waals surface area contributed by atoms with Gasteiger partial charge in [0.1, 0.15) is 0 Å². The largest absolute Gasteiger partial charge is 0.399 e. The first-order valence-electron chi connectivity index (χ1n) is 10.4. The second-order valence-electron chi connectivity index (χ2n) is 8.48. The van der Waals surface area contributed by atoms with Gasteiger partial charge in [0.05, 0.1) is 0 Å². The van der Waals surface area contributed by atoms with Crippen LogP contribution < -0.4 is 5.73 Å². The van der Waals surface area contributed by atoms with E-state index in [0.29, 0.717) is 11.8 Å². The van der Waals surface area contributed by atoms with Crippen LogP contribution in [-0.4, -0.2) is 0 Å². The Hall–Kier alpha value is -3.32. The molecule has 0 aliphatic heterocycles. The zero-order chi connectivity index (χ0) is 19.7. The van der Waals surface area contributed by atoms with Gasteiger partial charge in [-0.2, -0.15) is 0 Å². The highest BCUT2D eigenvalue weighted by atomic mass is 14.5. The Morgan fingerprint density at radius 2 is 1.00 bits per heavy atom. The number of anilines is 1. The van der Waals surface area contributed by atoms with Gasteiger partial charge in [0.15, 0.2) is 0 Å². The van der Waals surface area contributed by atoms with Crippen LogP contribution in [0.2, 0.25) is 0 Å². The molecule has 0 radical (unpaired) electrons. The molecule has 0 saturated heterocycles. The molecule has 4 aromatic rings. The highest BCUT2D eigenvalue weighted by Gasteiger charge is 2.27. The maximum Gasteiger partial charge on any atom is 0.0317 e. The Balaban J connectivity index is 1.45. The monoisotopic (exact) mass is 373 g/mol. The van der Waals surface area contributed by atoms with Gasteiger partial charge in [0.25, 0.3) is 0 Å². The summed E-state index contributed by atoms with van der Waals surface area (Å²) in [5.41, 5.74) is 20.6. The fourth-order valence-corrected chi connectivity index (χ4v) is 5.33. The maximum atomic E-state index is 6.05. The van der Waals surface area contributed by atoms with Gasteiger partial charge in [-0.25, -0.2) is 0 Å². The van der Waals surface area contributed by atoms with Crippen molar-refractivity contribution in [2.75, 3.05) is 5.73 Å². The quantitative estimate of drug-likeness (QED) is 0.351. The summed E-state index contributed by atoms with van der Waals surface area (Å²) in [6.07, 6.45) is 0. The van der Waals surface area contributed by atoms with E-state index in [2.05, 4.69) is 86.6 Å². The molecule has 2 N–H and O–H groups in total. The summed E-state index contributed by atoms with van der Waals surface area (Å²) in [7, 11) is 0. The standard InChI is InChI=1S/C28H23N/c1-16-21-5-3-4-6-22(21)23-10-7-18(13-26(16)23)19-8-11-24-25-12-9-20(29)15-28(25)17(2)27(24)14-19/h3-17H,29H2,1-2H3. The number of hydrogen-bond acceptors (Lipinski definition) is 1. The van der Waals surface area contributed by atoms with E-state index in [1.54, 1.807) is 0 Å². The fraction of sp³-hybridized carbons (Fsp3) is 0.143.